The summed E-state index contributed by atoms with van der Waals surface area (Å²) in [5.74, 6) is 0.241. The third-order valence-electron chi connectivity index (χ3n) is 3.94. The van der Waals surface area contributed by atoms with Crippen molar-refractivity contribution in [2.45, 2.75) is 39.5 Å². The van der Waals surface area contributed by atoms with Crippen LogP contribution in [0.15, 0.2) is 59.7 Å². The van der Waals surface area contributed by atoms with Crippen molar-refractivity contribution in [3.05, 3.63) is 60.2 Å². The van der Waals surface area contributed by atoms with Crippen LogP contribution in [0.1, 0.15) is 45.1 Å². The summed E-state index contributed by atoms with van der Waals surface area (Å²) in [5.41, 5.74) is 5.04. The number of hydrogen-bond acceptors (Lipinski definition) is 4. The molecule has 0 bridgehead atoms. The van der Waals surface area contributed by atoms with E-state index in [1.54, 1.807) is 24.3 Å². The van der Waals surface area contributed by atoms with E-state index in [2.05, 4.69) is 22.8 Å². The first-order valence-electron chi connectivity index (χ1n) is 9.56. The Kier molecular flexibility index (Phi) is 8.72. The molecule has 0 aliphatic carbocycles. The minimum absolute atomic E-state index is 0.0700. The fraction of sp³-hybridized carbons (Fsp3) is 0.318. The molecule has 6 nitrogen and oxygen atoms in total. The molecule has 0 heterocycles. The summed E-state index contributed by atoms with van der Waals surface area (Å²) >= 11 is 0. The molecule has 6 heteroatoms. The van der Waals surface area contributed by atoms with Gasteiger partial charge >= 0.3 is 0 Å². The zero-order chi connectivity index (χ0) is 20.2. The van der Waals surface area contributed by atoms with Crippen molar-refractivity contribution in [1.82, 2.24) is 5.43 Å². The number of carbonyl (C=O) groups excluding carboxylic acids is 2. The van der Waals surface area contributed by atoms with E-state index in [1.165, 1.54) is 0 Å². The molecule has 2 rings (SSSR count). The highest BCUT2D eigenvalue weighted by atomic mass is 16.5. The van der Waals surface area contributed by atoms with Gasteiger partial charge in [0, 0.05) is 18.5 Å². The molecule has 0 aliphatic rings. The van der Waals surface area contributed by atoms with Crippen molar-refractivity contribution >= 4 is 23.2 Å². The lowest BCUT2D eigenvalue weighted by Crippen LogP contribution is -2.22. The van der Waals surface area contributed by atoms with Crippen LogP contribution in [0.4, 0.5) is 5.69 Å². The maximum Gasteiger partial charge on any atom is 0.240 e. The van der Waals surface area contributed by atoms with Crippen molar-refractivity contribution in [1.29, 1.82) is 0 Å². The molecular formula is C22H27N3O3. The molecule has 0 atom stereocenters. The topological polar surface area (TPSA) is 79.8 Å². The van der Waals surface area contributed by atoms with Crippen molar-refractivity contribution in [3.8, 4) is 5.75 Å². The summed E-state index contributed by atoms with van der Waals surface area (Å²) in [4.78, 5) is 24.1. The molecule has 0 aromatic heterocycles. The summed E-state index contributed by atoms with van der Waals surface area (Å²) < 4.78 is 5.36. The Morgan fingerprint density at radius 3 is 2.21 bits per heavy atom. The highest BCUT2D eigenvalue weighted by molar-refractivity contribution is 6.01. The van der Waals surface area contributed by atoms with Gasteiger partial charge in [-0.3, -0.25) is 9.59 Å². The van der Waals surface area contributed by atoms with Crippen LogP contribution in [-0.2, 0) is 9.59 Å². The molecule has 0 radical (unpaired) electrons. The monoisotopic (exact) mass is 381 g/mol. The van der Waals surface area contributed by atoms with Crippen molar-refractivity contribution in [3.63, 3.8) is 0 Å². The second-order valence-electron chi connectivity index (χ2n) is 6.22. The van der Waals surface area contributed by atoms with Gasteiger partial charge in [-0.05, 0) is 43.2 Å². The molecule has 0 fully saturated rings. The van der Waals surface area contributed by atoms with Gasteiger partial charge in [0.25, 0.3) is 0 Å². The third-order valence-corrected chi connectivity index (χ3v) is 3.94. The van der Waals surface area contributed by atoms with Crippen LogP contribution in [0, 0.1) is 0 Å². The summed E-state index contributed by atoms with van der Waals surface area (Å²) in [6.07, 6.45) is 1.85. The number of ether oxygens (including phenoxy) is 1. The van der Waals surface area contributed by atoms with E-state index < -0.39 is 0 Å². The van der Waals surface area contributed by atoms with E-state index in [9.17, 15) is 9.59 Å². The minimum Gasteiger partial charge on any atom is -0.494 e. The first-order valence-corrected chi connectivity index (χ1v) is 9.56. The normalized spacial score (nSPS) is 11.0. The van der Waals surface area contributed by atoms with E-state index in [0.29, 0.717) is 12.3 Å². The second kappa shape index (κ2) is 11.5. The van der Waals surface area contributed by atoms with Gasteiger partial charge in [-0.1, -0.05) is 43.7 Å². The first-order chi connectivity index (χ1) is 13.6. The number of benzene rings is 2. The molecule has 0 aliphatic heterocycles. The lowest BCUT2D eigenvalue weighted by atomic mass is 10.1. The van der Waals surface area contributed by atoms with E-state index in [4.69, 9.17) is 4.74 Å². The number of rotatable bonds is 10. The van der Waals surface area contributed by atoms with Crippen LogP contribution in [0.3, 0.4) is 0 Å². The van der Waals surface area contributed by atoms with Gasteiger partial charge in [0.05, 0.1) is 12.3 Å². The number of amides is 2. The molecule has 2 aromatic carbocycles. The van der Waals surface area contributed by atoms with Crippen molar-refractivity contribution in [2.75, 3.05) is 11.9 Å². The summed E-state index contributed by atoms with van der Waals surface area (Å²) in [7, 11) is 0. The van der Waals surface area contributed by atoms with Gasteiger partial charge in [0.15, 0.2) is 0 Å². The molecule has 0 unspecified atom stereocenters. The van der Waals surface area contributed by atoms with Gasteiger partial charge in [0.2, 0.25) is 11.8 Å². The number of nitrogens with zero attached hydrogens (tertiary/aromatic N) is 1. The number of hydrazone groups is 1. The molecule has 0 saturated heterocycles. The smallest absolute Gasteiger partial charge is 0.240 e. The molecule has 2 aromatic rings. The second-order valence-corrected chi connectivity index (χ2v) is 6.22. The molecule has 2 amide bonds. The fourth-order valence-electron chi connectivity index (χ4n) is 2.57. The molecule has 148 valence electrons. The van der Waals surface area contributed by atoms with Crippen LogP contribution in [0.5, 0.6) is 5.75 Å². The molecule has 0 spiro atoms. The number of hydrogen-bond donors (Lipinski definition) is 2. The Morgan fingerprint density at radius 1 is 0.893 bits per heavy atom. The van der Waals surface area contributed by atoms with Crippen LogP contribution >= 0.6 is 0 Å². The Balaban J connectivity index is 1.81. The molecule has 28 heavy (non-hydrogen) atoms. The van der Waals surface area contributed by atoms with Crippen LogP contribution in [-0.4, -0.2) is 24.1 Å². The number of anilines is 1. The van der Waals surface area contributed by atoms with E-state index in [-0.39, 0.29) is 24.7 Å². The van der Waals surface area contributed by atoms with Crippen molar-refractivity contribution < 1.29 is 14.3 Å². The van der Waals surface area contributed by atoms with E-state index in [0.717, 1.165) is 29.9 Å². The average Bonchev–Trinajstić information content (AvgIpc) is 2.72. The highest BCUT2D eigenvalue weighted by Crippen LogP contribution is 2.15. The molecule has 2 N–H and O–H groups in total. The number of nitrogens with one attached hydrogen (secondary N) is 2. The van der Waals surface area contributed by atoms with Gasteiger partial charge in [-0.2, -0.15) is 5.10 Å². The highest BCUT2D eigenvalue weighted by Gasteiger charge is 2.08. The predicted octanol–water partition coefficient (Wildman–Crippen LogP) is 4.12. The molecule has 0 saturated carbocycles. The van der Waals surface area contributed by atoms with Crippen LogP contribution in [0.2, 0.25) is 0 Å². The summed E-state index contributed by atoms with van der Waals surface area (Å²) in [5, 5.41) is 7.01. The Morgan fingerprint density at radius 2 is 1.57 bits per heavy atom. The quantitative estimate of drug-likeness (QED) is 0.480. The van der Waals surface area contributed by atoms with E-state index in [1.807, 2.05) is 37.3 Å². The summed E-state index contributed by atoms with van der Waals surface area (Å²) in [6, 6.07) is 16.9. The lowest BCUT2D eigenvalue weighted by molar-refractivity contribution is -0.124. The number of carbonyl (C=O) groups is 2. The van der Waals surface area contributed by atoms with Gasteiger partial charge < -0.3 is 10.1 Å². The minimum atomic E-state index is -0.286. The third kappa shape index (κ3) is 7.23. The first kappa shape index (κ1) is 21.2. The van der Waals surface area contributed by atoms with E-state index >= 15 is 0 Å². The van der Waals surface area contributed by atoms with Gasteiger partial charge in [-0.15, -0.1) is 0 Å². The zero-order valence-corrected chi connectivity index (χ0v) is 16.4. The Labute approximate surface area is 166 Å². The maximum atomic E-state index is 12.0. The lowest BCUT2D eigenvalue weighted by Gasteiger charge is -2.08. The van der Waals surface area contributed by atoms with Crippen LogP contribution < -0.4 is 15.5 Å². The van der Waals surface area contributed by atoms with Gasteiger partial charge in [-0.25, -0.2) is 5.43 Å². The maximum absolute atomic E-state index is 12.0. The SMILES string of the molecule is CCCC(=NNC(=O)CCC(=O)Nc1ccc(OCC)cc1)c1ccccc1. The largest absolute Gasteiger partial charge is 0.494 e. The van der Waals surface area contributed by atoms with Gasteiger partial charge in [0.1, 0.15) is 5.75 Å². The van der Waals surface area contributed by atoms with Crippen molar-refractivity contribution in [2.24, 2.45) is 5.10 Å². The summed E-state index contributed by atoms with van der Waals surface area (Å²) in [6.45, 7) is 4.56. The van der Waals surface area contributed by atoms with Crippen LogP contribution in [0.25, 0.3) is 0 Å². The fourth-order valence-corrected chi connectivity index (χ4v) is 2.57. The Hall–Kier alpha value is -3.15. The predicted molar refractivity (Wildman–Crippen MR) is 112 cm³/mol. The zero-order valence-electron chi connectivity index (χ0n) is 16.4. The average molecular weight is 381 g/mol. The Bertz CT molecular complexity index is 786. The standard InChI is InChI=1S/C22H27N3O3/c1-3-8-20(17-9-6-5-7-10-17)24-25-22(27)16-15-21(26)23-18-11-13-19(14-12-18)28-4-2/h5-7,9-14H,3-4,8,15-16H2,1-2H3,(H,23,26)(H,25,27). The molecular weight excluding hydrogens is 354 g/mol.